The minimum absolute atomic E-state index is 0.231. The minimum Gasteiger partial charge on any atom is -0.481 e. The van der Waals surface area contributed by atoms with Crippen LogP contribution in [0.25, 0.3) is 11.1 Å². The fraction of sp³-hybridized carbons (Fsp3) is 0.421. The van der Waals surface area contributed by atoms with Gasteiger partial charge in [0.25, 0.3) is 0 Å². The monoisotopic (exact) mass is 286 g/mol. The molecule has 21 heavy (non-hydrogen) atoms. The number of aliphatic carboxylic acids is 1. The number of carboxylic acid groups (broad SMARTS) is 1. The zero-order valence-electron chi connectivity index (χ0n) is 13.9. The number of hydrogen-bond acceptors (Lipinski definition) is 1. The first-order valence-electron chi connectivity index (χ1n) is 7.46. The smallest absolute Gasteiger partial charge is 0.305 e. The van der Waals surface area contributed by atoms with E-state index in [0.717, 1.165) is 0 Å². The molecule has 2 heteroatoms. The molecule has 0 spiro atoms. The van der Waals surface area contributed by atoms with E-state index in [1.54, 1.807) is 13.8 Å². The molecule has 0 aromatic carbocycles. The number of hydrogen-bond donors (Lipinski definition) is 1. The highest BCUT2D eigenvalue weighted by Crippen LogP contribution is 2.31. The molecule has 0 amide bonds. The van der Waals surface area contributed by atoms with Crippen molar-refractivity contribution in [2.24, 2.45) is 5.92 Å². The first-order chi connectivity index (χ1) is 9.73. The van der Waals surface area contributed by atoms with Crippen LogP contribution in [-0.4, -0.2) is 11.1 Å². The average Bonchev–Trinajstić information content (AvgIpc) is 2.66. The van der Waals surface area contributed by atoms with Crippen molar-refractivity contribution >= 4 is 5.97 Å². The lowest BCUT2D eigenvalue weighted by Crippen LogP contribution is -2.03. The van der Waals surface area contributed by atoms with Crippen molar-refractivity contribution < 1.29 is 9.90 Å². The normalized spacial score (nSPS) is 10.7. The second kappa shape index (κ2) is 7.26. The second-order valence-electron chi connectivity index (χ2n) is 6.15. The van der Waals surface area contributed by atoms with Gasteiger partial charge in [0.05, 0.1) is 5.92 Å². The van der Waals surface area contributed by atoms with Crippen LogP contribution in [0.15, 0.2) is 30.3 Å². The molecule has 2 aliphatic carbocycles. The maximum Gasteiger partial charge on any atom is 0.305 e. The van der Waals surface area contributed by atoms with Gasteiger partial charge in [-0.25, -0.2) is 0 Å². The fourth-order valence-electron chi connectivity index (χ4n) is 2.02. The summed E-state index contributed by atoms with van der Waals surface area (Å²) in [5.74, 6) is -0.380. The second-order valence-corrected chi connectivity index (χ2v) is 6.15. The Labute approximate surface area is 128 Å². The van der Waals surface area contributed by atoms with E-state index in [9.17, 15) is 4.79 Å². The highest BCUT2D eigenvalue weighted by molar-refractivity contribution is 5.73. The van der Waals surface area contributed by atoms with Gasteiger partial charge in [0, 0.05) is 0 Å². The first-order valence-corrected chi connectivity index (χ1v) is 7.46. The van der Waals surface area contributed by atoms with Crippen LogP contribution in [0.1, 0.15) is 50.3 Å². The van der Waals surface area contributed by atoms with Crippen molar-refractivity contribution in [3.05, 3.63) is 47.0 Å². The van der Waals surface area contributed by atoms with Gasteiger partial charge in [0.2, 0.25) is 0 Å². The summed E-state index contributed by atoms with van der Waals surface area (Å²) in [5.41, 5.74) is 6.96. The van der Waals surface area contributed by atoms with Crippen molar-refractivity contribution in [2.45, 2.75) is 47.5 Å². The summed E-state index contributed by atoms with van der Waals surface area (Å²) >= 11 is 0. The third-order valence-corrected chi connectivity index (χ3v) is 3.64. The zero-order valence-corrected chi connectivity index (χ0v) is 13.9. The number of rotatable bonds is 2. The molecule has 0 bridgehead atoms. The Bertz CT molecular complexity index is 582. The molecule has 0 aromatic rings. The maximum atomic E-state index is 9.70. The molecule has 2 nitrogen and oxygen atoms in total. The van der Waals surface area contributed by atoms with Crippen LogP contribution in [0.5, 0.6) is 0 Å². The Hall–Kier alpha value is -1.83. The van der Waals surface area contributed by atoms with Crippen molar-refractivity contribution in [1.82, 2.24) is 0 Å². The highest BCUT2D eigenvalue weighted by atomic mass is 16.4. The largest absolute Gasteiger partial charge is 0.481 e. The number of carboxylic acids is 1. The predicted octanol–water partition coefficient (Wildman–Crippen LogP) is 5.26. The lowest BCUT2D eigenvalue weighted by molar-refractivity contribution is -0.140. The predicted molar refractivity (Wildman–Crippen MR) is 89.1 cm³/mol. The van der Waals surface area contributed by atoms with E-state index in [-0.39, 0.29) is 5.92 Å². The Kier molecular flexibility index (Phi) is 5.95. The molecule has 0 unspecified atom stereocenters. The zero-order chi connectivity index (χ0) is 16.2. The summed E-state index contributed by atoms with van der Waals surface area (Å²) in [6.07, 6.45) is 0. The van der Waals surface area contributed by atoms with Crippen molar-refractivity contribution in [3.8, 4) is 11.1 Å². The lowest BCUT2D eigenvalue weighted by Gasteiger charge is -2.03. The number of fused-ring (bicyclic) bond motifs is 1. The van der Waals surface area contributed by atoms with Crippen LogP contribution in [-0.2, 0) is 4.79 Å². The van der Waals surface area contributed by atoms with Crippen LogP contribution in [0.3, 0.4) is 0 Å². The van der Waals surface area contributed by atoms with Crippen LogP contribution in [0.4, 0.5) is 0 Å². The third kappa shape index (κ3) is 4.59. The van der Waals surface area contributed by atoms with E-state index in [4.69, 9.17) is 5.11 Å². The molecule has 0 atom stereocenters. The van der Waals surface area contributed by atoms with Crippen LogP contribution < -0.4 is 0 Å². The van der Waals surface area contributed by atoms with E-state index in [0.29, 0.717) is 5.92 Å². The van der Waals surface area contributed by atoms with Crippen LogP contribution in [0.2, 0.25) is 0 Å². The Morgan fingerprint density at radius 1 is 0.905 bits per heavy atom. The Morgan fingerprint density at radius 2 is 1.38 bits per heavy atom. The fourth-order valence-corrected chi connectivity index (χ4v) is 2.02. The van der Waals surface area contributed by atoms with E-state index >= 15 is 0 Å². The molecule has 114 valence electrons. The summed E-state index contributed by atoms with van der Waals surface area (Å²) in [7, 11) is 0. The molecule has 0 fully saturated rings. The van der Waals surface area contributed by atoms with Crippen molar-refractivity contribution in [2.75, 3.05) is 0 Å². The van der Waals surface area contributed by atoms with Crippen molar-refractivity contribution in [3.63, 3.8) is 0 Å². The average molecular weight is 286 g/mol. The minimum atomic E-state index is -0.741. The van der Waals surface area contributed by atoms with Crippen LogP contribution in [0, 0.1) is 19.8 Å². The SMILES string of the molecule is CC(C)C(=O)O.Cc1ccc(C(C)C)cc2c(C)ccc1-2. The van der Waals surface area contributed by atoms with Gasteiger partial charge in [-0.2, -0.15) is 0 Å². The molecule has 0 saturated heterocycles. The summed E-state index contributed by atoms with van der Waals surface area (Å²) in [6.45, 7) is 12.1. The van der Waals surface area contributed by atoms with E-state index in [2.05, 4.69) is 58.0 Å². The number of carbonyl (C=O) groups is 1. The molecule has 0 radical (unpaired) electrons. The quantitative estimate of drug-likeness (QED) is 0.817. The number of aryl methyl sites for hydroxylation is 2. The van der Waals surface area contributed by atoms with Gasteiger partial charge in [-0.15, -0.1) is 0 Å². The molecule has 1 N–H and O–H groups in total. The highest BCUT2D eigenvalue weighted by Gasteiger charge is 2.09. The summed E-state index contributed by atoms with van der Waals surface area (Å²) in [4.78, 5) is 9.70. The topological polar surface area (TPSA) is 37.3 Å². The van der Waals surface area contributed by atoms with E-state index in [1.165, 1.54) is 27.8 Å². The van der Waals surface area contributed by atoms with Gasteiger partial charge in [-0.3, -0.25) is 4.79 Å². The molecule has 0 aromatic heterocycles. The third-order valence-electron chi connectivity index (χ3n) is 3.64. The molecule has 2 rings (SSSR count). The van der Waals surface area contributed by atoms with Gasteiger partial charge in [-0.05, 0) is 47.6 Å². The molecule has 0 heterocycles. The molecule has 0 aliphatic heterocycles. The lowest BCUT2D eigenvalue weighted by atomic mass is 10.0. The molecule has 2 aliphatic rings. The van der Waals surface area contributed by atoms with Gasteiger partial charge in [-0.1, -0.05) is 58.0 Å². The summed E-state index contributed by atoms with van der Waals surface area (Å²) in [5, 5.41) is 7.99. The van der Waals surface area contributed by atoms with Crippen molar-refractivity contribution in [1.29, 1.82) is 0 Å². The van der Waals surface area contributed by atoms with Crippen LogP contribution >= 0.6 is 0 Å². The molecular formula is C19H26O2. The maximum absolute atomic E-state index is 9.70. The summed E-state index contributed by atoms with van der Waals surface area (Å²) < 4.78 is 0. The van der Waals surface area contributed by atoms with E-state index in [1.807, 2.05) is 0 Å². The van der Waals surface area contributed by atoms with Gasteiger partial charge >= 0.3 is 5.97 Å². The summed E-state index contributed by atoms with van der Waals surface area (Å²) in [6, 6.07) is 11.3. The Morgan fingerprint density at radius 3 is 1.86 bits per heavy atom. The van der Waals surface area contributed by atoms with Gasteiger partial charge in [0.15, 0.2) is 0 Å². The Balaban J connectivity index is 0.000000315. The van der Waals surface area contributed by atoms with Gasteiger partial charge in [0.1, 0.15) is 0 Å². The molecule has 0 saturated carbocycles. The standard InChI is InChI=1S/C15H18.C4H8O2/c1-10(2)13-7-5-11(3)14-8-6-12(4)15(14)9-13;1-3(2)4(5)6/h5-10H,1-4H3;3H,1-2H3,(H,5,6). The first kappa shape index (κ1) is 17.2. The van der Waals surface area contributed by atoms with Gasteiger partial charge < -0.3 is 5.11 Å². The molecular weight excluding hydrogens is 260 g/mol. The van der Waals surface area contributed by atoms with E-state index < -0.39 is 5.97 Å².